The topological polar surface area (TPSA) is 58.4 Å². The molecule has 4 nitrogen and oxygen atoms in total. The van der Waals surface area contributed by atoms with Crippen LogP contribution in [0, 0.1) is 11.8 Å². The van der Waals surface area contributed by atoms with Crippen LogP contribution in [0.15, 0.2) is 0 Å². The third kappa shape index (κ3) is 3.45. The number of likely N-dealkylation sites (tertiary alicyclic amines) is 1. The van der Waals surface area contributed by atoms with Gasteiger partial charge in [0, 0.05) is 24.5 Å². The minimum Gasteiger partial charge on any atom is -0.353 e. The van der Waals surface area contributed by atoms with E-state index in [1.54, 1.807) is 0 Å². The summed E-state index contributed by atoms with van der Waals surface area (Å²) in [4.78, 5) is 14.6. The van der Waals surface area contributed by atoms with Crippen molar-refractivity contribution in [3.63, 3.8) is 0 Å². The first-order valence-electron chi connectivity index (χ1n) is 7.30. The average molecular weight is 253 g/mol. The van der Waals surface area contributed by atoms with E-state index >= 15 is 0 Å². The van der Waals surface area contributed by atoms with Gasteiger partial charge in [-0.3, -0.25) is 4.79 Å². The Balaban J connectivity index is 1.80. The fourth-order valence-corrected chi connectivity index (χ4v) is 3.25. The third-order valence-corrected chi connectivity index (χ3v) is 4.58. The number of rotatable bonds is 2. The van der Waals surface area contributed by atoms with Gasteiger partial charge in [-0.2, -0.15) is 0 Å². The lowest BCUT2D eigenvalue weighted by molar-refractivity contribution is -0.127. The summed E-state index contributed by atoms with van der Waals surface area (Å²) in [5.74, 6) is 1.03. The van der Waals surface area contributed by atoms with Gasteiger partial charge in [-0.25, -0.2) is 0 Å². The molecule has 1 saturated carbocycles. The molecule has 2 unspecified atom stereocenters. The van der Waals surface area contributed by atoms with E-state index in [2.05, 4.69) is 24.2 Å². The Morgan fingerprint density at radius 2 is 1.89 bits per heavy atom. The predicted molar refractivity (Wildman–Crippen MR) is 73.1 cm³/mol. The van der Waals surface area contributed by atoms with Crippen LogP contribution in [0.3, 0.4) is 0 Å². The molecule has 0 radical (unpaired) electrons. The lowest BCUT2D eigenvalue weighted by Crippen LogP contribution is -2.50. The molecule has 0 aromatic rings. The molecule has 2 atom stereocenters. The van der Waals surface area contributed by atoms with Gasteiger partial charge in [-0.1, -0.05) is 6.92 Å². The number of amides is 1. The molecule has 1 heterocycles. The molecule has 0 spiro atoms. The van der Waals surface area contributed by atoms with Crippen molar-refractivity contribution in [1.29, 1.82) is 0 Å². The third-order valence-electron chi connectivity index (χ3n) is 4.58. The second-order valence-corrected chi connectivity index (χ2v) is 6.25. The zero-order valence-corrected chi connectivity index (χ0v) is 11.7. The van der Waals surface area contributed by atoms with E-state index < -0.39 is 0 Å². The molecule has 1 saturated heterocycles. The van der Waals surface area contributed by atoms with Crippen LogP contribution < -0.4 is 11.1 Å². The number of nitrogens with zero attached hydrogens (tertiary/aromatic N) is 1. The summed E-state index contributed by atoms with van der Waals surface area (Å²) >= 11 is 0. The molecule has 1 aliphatic heterocycles. The molecule has 18 heavy (non-hydrogen) atoms. The normalized spacial score (nSPS) is 38.4. The lowest BCUT2D eigenvalue weighted by Gasteiger charge is -2.36. The van der Waals surface area contributed by atoms with Crippen LogP contribution >= 0.6 is 0 Å². The van der Waals surface area contributed by atoms with E-state index in [4.69, 9.17) is 5.73 Å². The van der Waals surface area contributed by atoms with Crippen LogP contribution in [0.5, 0.6) is 0 Å². The highest BCUT2D eigenvalue weighted by molar-refractivity contribution is 5.79. The minimum atomic E-state index is 0.205. The van der Waals surface area contributed by atoms with Crippen LogP contribution in [0.2, 0.25) is 0 Å². The first-order chi connectivity index (χ1) is 8.56. The quantitative estimate of drug-likeness (QED) is 0.770. The van der Waals surface area contributed by atoms with Crippen LogP contribution in [0.1, 0.15) is 39.0 Å². The number of nitrogens with one attached hydrogen (secondary N) is 1. The Labute approximate surface area is 110 Å². The number of piperidine rings is 1. The van der Waals surface area contributed by atoms with E-state index in [0.29, 0.717) is 18.0 Å². The van der Waals surface area contributed by atoms with Gasteiger partial charge in [0.05, 0.1) is 0 Å². The fourth-order valence-electron chi connectivity index (χ4n) is 3.25. The Bertz CT molecular complexity index is 287. The molecule has 0 aromatic carbocycles. The van der Waals surface area contributed by atoms with Crippen molar-refractivity contribution < 1.29 is 4.79 Å². The number of hydrogen-bond donors (Lipinski definition) is 2. The van der Waals surface area contributed by atoms with Crippen LogP contribution in [0.4, 0.5) is 0 Å². The molecule has 1 aliphatic carbocycles. The van der Waals surface area contributed by atoms with Gasteiger partial charge in [0.1, 0.15) is 0 Å². The molecule has 104 valence electrons. The van der Waals surface area contributed by atoms with Crippen molar-refractivity contribution in [1.82, 2.24) is 10.2 Å². The van der Waals surface area contributed by atoms with Crippen LogP contribution in [-0.2, 0) is 4.79 Å². The summed E-state index contributed by atoms with van der Waals surface area (Å²) < 4.78 is 0. The summed E-state index contributed by atoms with van der Waals surface area (Å²) in [7, 11) is 2.15. The van der Waals surface area contributed by atoms with Crippen molar-refractivity contribution in [2.45, 2.75) is 51.1 Å². The van der Waals surface area contributed by atoms with Crippen molar-refractivity contribution in [3.8, 4) is 0 Å². The van der Waals surface area contributed by atoms with Gasteiger partial charge in [0.2, 0.25) is 5.91 Å². The van der Waals surface area contributed by atoms with E-state index in [1.165, 1.54) is 0 Å². The maximum absolute atomic E-state index is 12.2. The Kier molecular flexibility index (Phi) is 4.62. The molecular formula is C14H27N3O. The molecular weight excluding hydrogens is 226 g/mol. The monoisotopic (exact) mass is 253 g/mol. The highest BCUT2D eigenvalue weighted by Gasteiger charge is 2.29. The van der Waals surface area contributed by atoms with E-state index in [1.807, 2.05) is 0 Å². The maximum Gasteiger partial charge on any atom is 0.223 e. The Morgan fingerprint density at radius 1 is 1.22 bits per heavy atom. The van der Waals surface area contributed by atoms with Gasteiger partial charge >= 0.3 is 0 Å². The molecule has 3 N–H and O–H groups in total. The highest BCUT2D eigenvalue weighted by Crippen LogP contribution is 2.24. The van der Waals surface area contributed by atoms with Crippen LogP contribution in [-0.4, -0.2) is 43.0 Å². The van der Waals surface area contributed by atoms with E-state index in [9.17, 15) is 4.79 Å². The molecule has 2 aliphatic rings. The van der Waals surface area contributed by atoms with Crippen molar-refractivity contribution in [2.24, 2.45) is 17.6 Å². The summed E-state index contributed by atoms with van der Waals surface area (Å²) in [6.45, 7) is 4.41. The van der Waals surface area contributed by atoms with Gasteiger partial charge in [0.25, 0.3) is 0 Å². The number of carbonyl (C=O) groups excluding carboxylic acids is 1. The molecule has 2 rings (SSSR count). The molecule has 4 heteroatoms. The second kappa shape index (κ2) is 6.02. The SMILES string of the molecule is CC1CN(C)CCC1NC(=O)C1CCC(N)CC1. The number of hydrogen-bond acceptors (Lipinski definition) is 3. The van der Waals surface area contributed by atoms with Gasteiger partial charge in [0.15, 0.2) is 0 Å². The van der Waals surface area contributed by atoms with Crippen molar-refractivity contribution >= 4 is 5.91 Å². The van der Waals surface area contributed by atoms with Crippen molar-refractivity contribution in [3.05, 3.63) is 0 Å². The number of nitrogens with two attached hydrogens (primary N) is 1. The second-order valence-electron chi connectivity index (χ2n) is 6.25. The molecule has 0 aromatic heterocycles. The maximum atomic E-state index is 12.2. The van der Waals surface area contributed by atoms with E-state index in [0.717, 1.165) is 45.2 Å². The van der Waals surface area contributed by atoms with Gasteiger partial charge in [-0.15, -0.1) is 0 Å². The summed E-state index contributed by atoms with van der Waals surface area (Å²) in [6.07, 6.45) is 5.01. The molecule has 2 fully saturated rings. The zero-order chi connectivity index (χ0) is 13.1. The smallest absolute Gasteiger partial charge is 0.223 e. The molecule has 1 amide bonds. The summed E-state index contributed by atoms with van der Waals surface area (Å²) in [5, 5.41) is 3.27. The minimum absolute atomic E-state index is 0.205. The van der Waals surface area contributed by atoms with Gasteiger partial charge < -0.3 is 16.0 Å². The highest BCUT2D eigenvalue weighted by atomic mass is 16.1. The largest absolute Gasteiger partial charge is 0.353 e. The summed E-state index contributed by atoms with van der Waals surface area (Å²) in [5.41, 5.74) is 5.88. The Hall–Kier alpha value is -0.610. The fraction of sp³-hybridized carbons (Fsp3) is 0.929. The standard InChI is InChI=1S/C14H27N3O/c1-10-9-17(2)8-7-13(10)16-14(18)11-3-5-12(15)6-4-11/h10-13H,3-9,15H2,1-2H3,(H,16,18). The number of carbonyl (C=O) groups is 1. The summed E-state index contributed by atoms with van der Waals surface area (Å²) in [6, 6.07) is 0.681. The lowest BCUT2D eigenvalue weighted by atomic mass is 9.85. The van der Waals surface area contributed by atoms with Crippen molar-refractivity contribution in [2.75, 3.05) is 20.1 Å². The Morgan fingerprint density at radius 3 is 2.50 bits per heavy atom. The molecule has 0 bridgehead atoms. The first kappa shape index (κ1) is 13.8. The first-order valence-corrected chi connectivity index (χ1v) is 7.30. The van der Waals surface area contributed by atoms with Gasteiger partial charge in [-0.05, 0) is 51.6 Å². The van der Waals surface area contributed by atoms with Crippen LogP contribution in [0.25, 0.3) is 0 Å². The zero-order valence-electron chi connectivity index (χ0n) is 11.7. The average Bonchev–Trinajstić information content (AvgIpc) is 2.33. The van der Waals surface area contributed by atoms with E-state index in [-0.39, 0.29) is 11.8 Å². The predicted octanol–water partition coefficient (Wildman–Crippen LogP) is 0.960.